The van der Waals surface area contributed by atoms with Crippen LogP contribution < -0.4 is 0 Å². The second-order valence-corrected chi connectivity index (χ2v) is 14.6. The van der Waals surface area contributed by atoms with E-state index >= 15 is 0 Å². The van der Waals surface area contributed by atoms with Gasteiger partial charge in [-0.3, -0.25) is 0 Å². The van der Waals surface area contributed by atoms with Crippen LogP contribution in [0.3, 0.4) is 0 Å². The molecule has 0 radical (unpaired) electrons. The summed E-state index contributed by atoms with van der Waals surface area (Å²) in [5.74, 6) is 2.10. The van der Waals surface area contributed by atoms with E-state index in [-0.39, 0.29) is 0 Å². The molecule has 0 spiro atoms. The molecule has 0 saturated carbocycles. The SMILES string of the molecule is CC(C)(C)C1=C(B2C3CCCC2CCC3)CCC[Si]1(C)C. The zero-order valence-electron chi connectivity index (χ0n) is 15.1. The van der Waals surface area contributed by atoms with Gasteiger partial charge in [-0.2, -0.15) is 0 Å². The van der Waals surface area contributed by atoms with Crippen molar-refractivity contribution in [1.82, 2.24) is 0 Å². The standard InChI is InChI=1S/C19H35BSi/c1-19(2,3)18-17(13-8-14-21(18,4)5)20-15-9-6-10-16(20)12-7-11-15/h15-16H,6-14H2,1-5H3. The van der Waals surface area contributed by atoms with Crippen LogP contribution in [0.4, 0.5) is 0 Å². The average molecular weight is 302 g/mol. The van der Waals surface area contributed by atoms with Crippen LogP contribution in [0, 0.1) is 5.41 Å². The Kier molecular flexibility index (Phi) is 4.23. The van der Waals surface area contributed by atoms with Crippen LogP contribution in [-0.2, 0) is 0 Å². The van der Waals surface area contributed by atoms with Gasteiger partial charge in [0.05, 0.1) is 8.07 Å². The van der Waals surface area contributed by atoms with E-state index in [0.29, 0.717) is 5.41 Å². The molecule has 0 aromatic heterocycles. The highest BCUT2D eigenvalue weighted by Gasteiger charge is 2.46. The first-order valence-electron chi connectivity index (χ1n) is 9.55. The maximum atomic E-state index is 2.66. The molecule has 0 amide bonds. The summed E-state index contributed by atoms with van der Waals surface area (Å²) in [6.07, 6.45) is 12.1. The van der Waals surface area contributed by atoms with Crippen LogP contribution in [0.2, 0.25) is 30.8 Å². The summed E-state index contributed by atoms with van der Waals surface area (Å²) in [6, 6.07) is 1.53. The molecule has 2 saturated heterocycles. The van der Waals surface area contributed by atoms with Crippen molar-refractivity contribution in [2.75, 3.05) is 0 Å². The summed E-state index contributed by atoms with van der Waals surface area (Å²) in [6.45, 7) is 13.8. The van der Waals surface area contributed by atoms with E-state index in [1.165, 1.54) is 57.4 Å². The van der Waals surface area contributed by atoms with Gasteiger partial charge in [0.1, 0.15) is 0 Å². The first kappa shape index (κ1) is 15.9. The molecular formula is C19H35BSi. The Morgan fingerprint density at radius 1 is 0.905 bits per heavy atom. The number of hydrogen-bond donors (Lipinski definition) is 0. The van der Waals surface area contributed by atoms with Crippen LogP contribution in [-0.4, -0.2) is 14.8 Å². The minimum Gasteiger partial charge on any atom is -0.104 e. The van der Waals surface area contributed by atoms with Gasteiger partial charge >= 0.3 is 0 Å². The van der Waals surface area contributed by atoms with Crippen molar-refractivity contribution >= 4 is 14.8 Å². The van der Waals surface area contributed by atoms with E-state index in [4.69, 9.17) is 0 Å². The maximum absolute atomic E-state index is 2.66. The Labute approximate surface area is 134 Å². The molecule has 0 aromatic rings. The third kappa shape index (κ3) is 2.94. The maximum Gasteiger partial charge on any atom is 0.176 e. The van der Waals surface area contributed by atoms with Gasteiger partial charge < -0.3 is 0 Å². The predicted molar refractivity (Wildman–Crippen MR) is 99.0 cm³/mol. The van der Waals surface area contributed by atoms with Crippen LogP contribution >= 0.6 is 0 Å². The van der Waals surface area contributed by atoms with Crippen molar-refractivity contribution < 1.29 is 0 Å². The second-order valence-electron chi connectivity index (χ2n) is 9.80. The molecule has 0 aliphatic carbocycles. The molecule has 3 heterocycles. The van der Waals surface area contributed by atoms with Crippen molar-refractivity contribution in [1.29, 1.82) is 0 Å². The first-order valence-corrected chi connectivity index (χ1v) is 12.8. The molecule has 0 unspecified atom stereocenters. The molecule has 3 aliphatic heterocycles. The number of fused-ring (bicyclic) bond motifs is 2. The Hall–Kier alpha value is 0.0218. The molecular weight excluding hydrogens is 267 g/mol. The average Bonchev–Trinajstić information content (AvgIpc) is 2.34. The monoisotopic (exact) mass is 302 g/mol. The van der Waals surface area contributed by atoms with Gasteiger partial charge in [0, 0.05) is 0 Å². The van der Waals surface area contributed by atoms with Crippen molar-refractivity contribution in [3.8, 4) is 0 Å². The number of allylic oxidation sites excluding steroid dienone is 2. The van der Waals surface area contributed by atoms with Crippen LogP contribution in [0.1, 0.15) is 72.1 Å². The quantitative estimate of drug-likeness (QED) is 0.484. The zero-order chi connectivity index (χ0) is 15.3. The summed E-state index contributed by atoms with van der Waals surface area (Å²) in [5.41, 5.74) is 2.41. The lowest BCUT2D eigenvalue weighted by atomic mass is 9.23. The predicted octanol–water partition coefficient (Wildman–Crippen LogP) is 6.51. The van der Waals surface area contributed by atoms with Crippen LogP contribution in [0.15, 0.2) is 10.7 Å². The highest BCUT2D eigenvalue weighted by molar-refractivity contribution is 6.87. The third-order valence-corrected chi connectivity index (χ3v) is 10.7. The molecule has 0 N–H and O–H groups in total. The largest absolute Gasteiger partial charge is 0.176 e. The summed E-state index contributed by atoms with van der Waals surface area (Å²) >= 11 is 0. The van der Waals surface area contributed by atoms with Gasteiger partial charge in [-0.05, 0) is 11.8 Å². The molecule has 0 aromatic carbocycles. The highest BCUT2D eigenvalue weighted by Crippen LogP contribution is 2.53. The zero-order valence-corrected chi connectivity index (χ0v) is 16.1. The Balaban J connectivity index is 2.06. The fourth-order valence-corrected chi connectivity index (χ4v) is 11.0. The van der Waals surface area contributed by atoms with Crippen molar-refractivity contribution in [2.45, 2.75) is 103 Å². The molecule has 2 heteroatoms. The van der Waals surface area contributed by atoms with Crippen LogP contribution in [0.5, 0.6) is 0 Å². The highest BCUT2D eigenvalue weighted by atomic mass is 28.3. The number of rotatable bonds is 1. The smallest absolute Gasteiger partial charge is 0.104 e. The molecule has 2 fully saturated rings. The third-order valence-electron chi connectivity index (χ3n) is 6.71. The van der Waals surface area contributed by atoms with E-state index in [1.54, 1.807) is 0 Å². The van der Waals surface area contributed by atoms with Gasteiger partial charge in [-0.25, -0.2) is 0 Å². The minimum atomic E-state index is -1.17. The summed E-state index contributed by atoms with van der Waals surface area (Å²) in [5, 5.41) is 1.99. The van der Waals surface area contributed by atoms with Gasteiger partial charge in [0.15, 0.2) is 6.71 Å². The second kappa shape index (κ2) is 5.58. The molecule has 118 valence electrons. The minimum absolute atomic E-state index is 0.414. The van der Waals surface area contributed by atoms with E-state index in [2.05, 4.69) is 33.9 Å². The van der Waals surface area contributed by atoms with E-state index in [0.717, 1.165) is 18.3 Å². The summed E-state index contributed by atoms with van der Waals surface area (Å²) < 4.78 is 0. The lowest BCUT2D eigenvalue weighted by molar-refractivity contribution is 0.442. The van der Waals surface area contributed by atoms with Crippen molar-refractivity contribution in [3.05, 3.63) is 10.7 Å². The number of hydrogen-bond acceptors (Lipinski definition) is 0. The van der Waals surface area contributed by atoms with E-state index in [1.807, 2.05) is 10.7 Å². The first-order chi connectivity index (χ1) is 9.81. The Morgan fingerprint density at radius 2 is 1.43 bits per heavy atom. The van der Waals surface area contributed by atoms with Gasteiger partial charge in [-0.1, -0.05) is 102 Å². The Morgan fingerprint density at radius 3 is 1.90 bits per heavy atom. The Bertz CT molecular complexity index is 407. The van der Waals surface area contributed by atoms with E-state index in [9.17, 15) is 0 Å². The summed E-state index contributed by atoms with van der Waals surface area (Å²) in [4.78, 5) is 0. The molecule has 2 bridgehead atoms. The lowest BCUT2D eigenvalue weighted by Gasteiger charge is -2.48. The molecule has 21 heavy (non-hydrogen) atoms. The van der Waals surface area contributed by atoms with Crippen LogP contribution in [0.25, 0.3) is 0 Å². The molecule has 3 rings (SSSR count). The fraction of sp³-hybridized carbons (Fsp3) is 0.895. The molecule has 0 atom stereocenters. The normalized spacial score (nSPS) is 33.3. The topological polar surface area (TPSA) is 0 Å². The van der Waals surface area contributed by atoms with Crippen molar-refractivity contribution in [3.63, 3.8) is 0 Å². The van der Waals surface area contributed by atoms with Gasteiger partial charge in [0.25, 0.3) is 0 Å². The molecule has 3 aliphatic rings. The van der Waals surface area contributed by atoms with Crippen molar-refractivity contribution in [2.24, 2.45) is 5.41 Å². The molecule has 0 nitrogen and oxygen atoms in total. The summed E-state index contributed by atoms with van der Waals surface area (Å²) in [7, 11) is -1.17. The van der Waals surface area contributed by atoms with E-state index < -0.39 is 8.07 Å². The fourth-order valence-electron chi connectivity index (χ4n) is 6.48. The van der Waals surface area contributed by atoms with Gasteiger partial charge in [0.2, 0.25) is 0 Å². The lowest BCUT2D eigenvalue weighted by Crippen LogP contribution is -2.45. The van der Waals surface area contributed by atoms with Gasteiger partial charge in [-0.15, -0.1) is 5.47 Å².